The van der Waals surface area contributed by atoms with Crippen LogP contribution in [0, 0.1) is 12.8 Å². The Morgan fingerprint density at radius 3 is 2.46 bits per heavy atom. The number of ether oxygens (including phenoxy) is 1. The van der Waals surface area contributed by atoms with Gasteiger partial charge in [-0.15, -0.1) is 11.3 Å². The van der Waals surface area contributed by atoms with Crippen molar-refractivity contribution in [2.75, 3.05) is 14.1 Å². The molecule has 0 aromatic carbocycles. The average Bonchev–Trinajstić information content (AvgIpc) is 3.00. The summed E-state index contributed by atoms with van der Waals surface area (Å²) in [6.45, 7) is 9.56. The van der Waals surface area contributed by atoms with Crippen molar-refractivity contribution < 1.29 is 14.3 Å². The van der Waals surface area contributed by atoms with Gasteiger partial charge in [-0.05, 0) is 26.3 Å². The van der Waals surface area contributed by atoms with Gasteiger partial charge in [0.2, 0.25) is 5.91 Å². The molecule has 0 aliphatic carbocycles. The normalized spacial score (nSPS) is 14.8. The van der Waals surface area contributed by atoms with E-state index in [2.05, 4.69) is 31.1 Å². The number of likely N-dealkylation sites (N-methyl/N-ethyl adjacent to an activating group) is 2. The second-order valence-electron chi connectivity index (χ2n) is 7.05. The number of nitrogens with one attached hydrogen (secondary N) is 1. The van der Waals surface area contributed by atoms with Crippen molar-refractivity contribution in [1.29, 1.82) is 0 Å². The molecule has 2 unspecified atom stereocenters. The zero-order valence-electron chi connectivity index (χ0n) is 17.0. The molecule has 26 heavy (non-hydrogen) atoms. The molecular formula is C19H33N3O3S. The lowest BCUT2D eigenvalue weighted by Gasteiger charge is -2.35. The van der Waals surface area contributed by atoms with Gasteiger partial charge in [-0.3, -0.25) is 9.59 Å². The number of aromatic nitrogens is 1. The van der Waals surface area contributed by atoms with E-state index in [-0.39, 0.29) is 29.9 Å². The molecule has 7 heteroatoms. The maximum Gasteiger partial charge on any atom is 0.303 e. The molecule has 0 saturated carbocycles. The topological polar surface area (TPSA) is 71.5 Å². The number of carbonyl (C=O) groups is 2. The predicted molar refractivity (Wildman–Crippen MR) is 105 cm³/mol. The van der Waals surface area contributed by atoms with Crippen LogP contribution in [0.5, 0.6) is 0 Å². The molecule has 1 rings (SSSR count). The molecule has 0 bridgehead atoms. The predicted octanol–water partition coefficient (Wildman–Crippen LogP) is 3.32. The summed E-state index contributed by atoms with van der Waals surface area (Å²) in [7, 11) is 3.65. The Morgan fingerprint density at radius 1 is 1.38 bits per heavy atom. The van der Waals surface area contributed by atoms with Crippen LogP contribution in [-0.4, -0.2) is 47.9 Å². The summed E-state index contributed by atoms with van der Waals surface area (Å²) in [5.41, 5.74) is 0.908. The van der Waals surface area contributed by atoms with Crippen LogP contribution in [0.3, 0.4) is 0 Å². The third kappa shape index (κ3) is 6.36. The quantitative estimate of drug-likeness (QED) is 0.628. The van der Waals surface area contributed by atoms with Crippen LogP contribution in [-0.2, 0) is 14.3 Å². The van der Waals surface area contributed by atoms with Gasteiger partial charge >= 0.3 is 5.97 Å². The highest BCUT2D eigenvalue weighted by Crippen LogP contribution is 2.30. The fourth-order valence-electron chi connectivity index (χ4n) is 3.11. The van der Waals surface area contributed by atoms with Gasteiger partial charge in [0.15, 0.2) is 6.10 Å². The van der Waals surface area contributed by atoms with Crippen LogP contribution < -0.4 is 5.32 Å². The number of aryl methyl sites for hydroxylation is 1. The summed E-state index contributed by atoms with van der Waals surface area (Å²) in [5, 5.41) is 5.84. The van der Waals surface area contributed by atoms with Crippen molar-refractivity contribution in [3.05, 3.63) is 16.1 Å². The van der Waals surface area contributed by atoms with Crippen molar-refractivity contribution in [1.82, 2.24) is 15.2 Å². The summed E-state index contributed by atoms with van der Waals surface area (Å²) < 4.78 is 5.55. The van der Waals surface area contributed by atoms with Crippen molar-refractivity contribution >= 4 is 23.2 Å². The Bertz CT molecular complexity index is 588. The molecule has 1 heterocycles. The molecule has 0 spiro atoms. The molecule has 1 aromatic rings. The highest BCUT2D eigenvalue weighted by molar-refractivity contribution is 7.09. The van der Waals surface area contributed by atoms with Gasteiger partial charge in [0.05, 0.1) is 6.04 Å². The molecule has 1 amide bonds. The lowest BCUT2D eigenvalue weighted by atomic mass is 9.95. The molecule has 148 valence electrons. The minimum absolute atomic E-state index is 0.0521. The number of rotatable bonds is 10. The van der Waals surface area contributed by atoms with Crippen LogP contribution in [0.2, 0.25) is 0 Å². The van der Waals surface area contributed by atoms with Crippen molar-refractivity contribution in [2.24, 2.45) is 5.92 Å². The van der Waals surface area contributed by atoms with Gasteiger partial charge in [-0.1, -0.05) is 27.2 Å². The zero-order valence-corrected chi connectivity index (χ0v) is 17.9. The van der Waals surface area contributed by atoms with Gasteiger partial charge in [-0.25, -0.2) is 4.98 Å². The first-order valence-corrected chi connectivity index (χ1v) is 10.1. The highest BCUT2D eigenvalue weighted by Gasteiger charge is 2.32. The number of nitrogens with zero attached hydrogens (tertiary/aromatic N) is 2. The van der Waals surface area contributed by atoms with E-state index in [9.17, 15) is 9.59 Å². The Labute approximate surface area is 161 Å². The third-order valence-corrected chi connectivity index (χ3v) is 5.57. The van der Waals surface area contributed by atoms with Gasteiger partial charge in [0.25, 0.3) is 0 Å². The molecule has 0 fully saturated rings. The van der Waals surface area contributed by atoms with Crippen molar-refractivity contribution in [3.8, 4) is 0 Å². The van der Waals surface area contributed by atoms with E-state index >= 15 is 0 Å². The average molecular weight is 384 g/mol. The summed E-state index contributed by atoms with van der Waals surface area (Å²) in [4.78, 5) is 30.8. The van der Waals surface area contributed by atoms with Crippen LogP contribution in [0.1, 0.15) is 63.8 Å². The number of carbonyl (C=O) groups excluding carboxylic acids is 2. The molecule has 0 radical (unpaired) electrons. The number of esters is 1. The second kappa shape index (κ2) is 10.6. The summed E-state index contributed by atoms with van der Waals surface area (Å²) in [6.07, 6.45) is 1.83. The summed E-state index contributed by atoms with van der Waals surface area (Å²) in [5.74, 6) is -0.0365. The Kier molecular flexibility index (Phi) is 9.22. The standard InChI is InChI=1S/C19H33N3O3S/c1-8-9-15(20-6)19(24)22(7)16(12(2)3)10-17(25-14(5)23)18-21-13(4)11-26-18/h11-12,15-17,20H,8-10H2,1-7H3/t15-,16?,17?/m0/s1. The van der Waals surface area contributed by atoms with E-state index in [0.29, 0.717) is 6.42 Å². The zero-order chi connectivity index (χ0) is 19.9. The van der Waals surface area contributed by atoms with Gasteiger partial charge in [-0.2, -0.15) is 0 Å². The maximum atomic E-state index is 12.9. The summed E-state index contributed by atoms with van der Waals surface area (Å²) >= 11 is 1.49. The van der Waals surface area contributed by atoms with E-state index in [1.54, 1.807) is 4.90 Å². The third-order valence-electron chi connectivity index (χ3n) is 4.51. The molecule has 1 aromatic heterocycles. The van der Waals surface area contributed by atoms with Crippen molar-refractivity contribution in [2.45, 2.75) is 72.1 Å². The fourth-order valence-corrected chi connectivity index (χ4v) is 3.94. The molecule has 0 saturated heterocycles. The smallest absolute Gasteiger partial charge is 0.303 e. The molecular weight excluding hydrogens is 350 g/mol. The first kappa shape index (κ1) is 22.6. The van der Waals surface area contributed by atoms with Crippen molar-refractivity contribution in [3.63, 3.8) is 0 Å². The Balaban J connectivity index is 3.01. The molecule has 3 atom stereocenters. The van der Waals surface area contributed by atoms with E-state index in [1.165, 1.54) is 18.3 Å². The van der Waals surface area contributed by atoms with Crippen LogP contribution in [0.4, 0.5) is 0 Å². The molecule has 0 aliphatic rings. The van der Waals surface area contributed by atoms with Gasteiger partial charge in [0, 0.05) is 37.5 Å². The number of hydrogen-bond acceptors (Lipinski definition) is 6. The first-order valence-electron chi connectivity index (χ1n) is 9.24. The number of hydrogen-bond donors (Lipinski definition) is 1. The minimum Gasteiger partial charge on any atom is -0.455 e. The highest BCUT2D eigenvalue weighted by atomic mass is 32.1. The fraction of sp³-hybridized carbons (Fsp3) is 0.737. The number of amides is 1. The van der Waals surface area contributed by atoms with Crippen LogP contribution in [0.25, 0.3) is 0 Å². The van der Waals surface area contributed by atoms with E-state index in [0.717, 1.165) is 23.5 Å². The van der Waals surface area contributed by atoms with Crippen LogP contribution >= 0.6 is 11.3 Å². The Morgan fingerprint density at radius 2 is 2.04 bits per heavy atom. The first-order chi connectivity index (χ1) is 12.2. The second-order valence-corrected chi connectivity index (χ2v) is 7.94. The molecule has 1 N–H and O–H groups in total. The Hall–Kier alpha value is -1.47. The maximum absolute atomic E-state index is 12.9. The molecule has 0 aliphatic heterocycles. The largest absolute Gasteiger partial charge is 0.455 e. The van der Waals surface area contributed by atoms with E-state index in [1.807, 2.05) is 26.4 Å². The monoisotopic (exact) mass is 383 g/mol. The van der Waals surface area contributed by atoms with Crippen LogP contribution in [0.15, 0.2) is 5.38 Å². The lowest BCUT2D eigenvalue weighted by molar-refractivity contribution is -0.148. The van der Waals surface area contributed by atoms with E-state index < -0.39 is 6.10 Å². The minimum atomic E-state index is -0.437. The van der Waals surface area contributed by atoms with Gasteiger partial charge in [0.1, 0.15) is 5.01 Å². The number of thiazole rings is 1. The van der Waals surface area contributed by atoms with E-state index in [4.69, 9.17) is 4.74 Å². The van der Waals surface area contributed by atoms with Gasteiger partial charge < -0.3 is 15.0 Å². The molecule has 6 nitrogen and oxygen atoms in total. The lowest BCUT2D eigenvalue weighted by Crippen LogP contribution is -2.49. The SMILES string of the molecule is CCC[C@H](NC)C(=O)N(C)C(CC(OC(C)=O)c1nc(C)cs1)C(C)C. The summed E-state index contributed by atoms with van der Waals surface area (Å²) in [6, 6.07) is -0.246.